The minimum atomic E-state index is -0.372. The summed E-state index contributed by atoms with van der Waals surface area (Å²) < 4.78 is 12.9. The molecule has 2 saturated carbocycles. The molecule has 1 heterocycles. The van der Waals surface area contributed by atoms with Crippen molar-refractivity contribution in [3.63, 3.8) is 0 Å². The standard InChI is InChI=1S/C19H25BO3/c1-16(2)17(3,4)23-20(22-16)19(14-9-6-5-7-10-14)13-15(21)18(19)11-8-12-18/h5-7,9-10H,8,11-13H2,1-4H3. The topological polar surface area (TPSA) is 35.5 Å². The van der Waals surface area contributed by atoms with Gasteiger partial charge in [0.2, 0.25) is 0 Å². The van der Waals surface area contributed by atoms with E-state index in [1.807, 2.05) is 6.07 Å². The third kappa shape index (κ3) is 1.71. The molecule has 122 valence electrons. The highest BCUT2D eigenvalue weighted by atomic mass is 16.7. The van der Waals surface area contributed by atoms with Gasteiger partial charge in [-0.05, 0) is 46.1 Å². The van der Waals surface area contributed by atoms with E-state index in [0.717, 1.165) is 19.3 Å². The van der Waals surface area contributed by atoms with E-state index < -0.39 is 0 Å². The zero-order valence-electron chi connectivity index (χ0n) is 14.5. The van der Waals surface area contributed by atoms with Crippen molar-refractivity contribution < 1.29 is 14.1 Å². The van der Waals surface area contributed by atoms with Crippen LogP contribution in [0.25, 0.3) is 0 Å². The molecule has 2 aliphatic carbocycles. The molecule has 0 aromatic heterocycles. The summed E-state index contributed by atoms with van der Waals surface area (Å²) in [7, 11) is -0.354. The Morgan fingerprint density at radius 2 is 1.52 bits per heavy atom. The van der Waals surface area contributed by atoms with Crippen LogP contribution in [0.5, 0.6) is 0 Å². The predicted molar refractivity (Wildman–Crippen MR) is 90.1 cm³/mol. The average Bonchev–Trinajstić information content (AvgIpc) is 2.63. The molecule has 4 rings (SSSR count). The first-order chi connectivity index (χ1) is 10.8. The Hall–Kier alpha value is -1.13. The SMILES string of the molecule is CC1(C)OB(C2(c3ccccc3)CC(=O)C23CCC3)OC1(C)C. The van der Waals surface area contributed by atoms with Gasteiger partial charge in [0.05, 0.1) is 11.2 Å². The van der Waals surface area contributed by atoms with Crippen LogP contribution >= 0.6 is 0 Å². The second kappa shape index (κ2) is 4.49. The molecule has 1 aromatic rings. The molecule has 23 heavy (non-hydrogen) atoms. The van der Waals surface area contributed by atoms with Crippen LogP contribution in [0.4, 0.5) is 0 Å². The normalized spacial score (nSPS) is 33.4. The van der Waals surface area contributed by atoms with E-state index in [1.54, 1.807) is 0 Å². The van der Waals surface area contributed by atoms with Gasteiger partial charge < -0.3 is 9.31 Å². The number of hydrogen-bond acceptors (Lipinski definition) is 3. The van der Waals surface area contributed by atoms with Crippen molar-refractivity contribution in [3.8, 4) is 0 Å². The number of benzene rings is 1. The van der Waals surface area contributed by atoms with Crippen LogP contribution in [0.3, 0.4) is 0 Å². The van der Waals surface area contributed by atoms with Crippen LogP contribution in [0.1, 0.15) is 58.9 Å². The number of rotatable bonds is 2. The Kier molecular flexibility index (Phi) is 3.00. The Bertz CT molecular complexity index is 632. The number of hydrogen-bond donors (Lipinski definition) is 0. The van der Waals surface area contributed by atoms with E-state index in [9.17, 15) is 4.79 Å². The lowest BCUT2D eigenvalue weighted by molar-refractivity contribution is -0.155. The Morgan fingerprint density at radius 1 is 0.957 bits per heavy atom. The van der Waals surface area contributed by atoms with Gasteiger partial charge in [0.15, 0.2) is 0 Å². The smallest absolute Gasteiger partial charge is 0.403 e. The quantitative estimate of drug-likeness (QED) is 0.781. The fourth-order valence-electron chi connectivity index (χ4n) is 4.59. The molecule has 3 nitrogen and oxygen atoms in total. The minimum Gasteiger partial charge on any atom is -0.403 e. The monoisotopic (exact) mass is 312 g/mol. The van der Waals surface area contributed by atoms with Gasteiger partial charge in [-0.2, -0.15) is 0 Å². The lowest BCUT2D eigenvalue weighted by Gasteiger charge is -2.63. The van der Waals surface area contributed by atoms with Gasteiger partial charge >= 0.3 is 7.12 Å². The minimum absolute atomic E-state index is 0.268. The number of ketones is 1. The maximum atomic E-state index is 12.6. The van der Waals surface area contributed by atoms with Crippen molar-refractivity contribution >= 4 is 12.9 Å². The molecule has 3 aliphatic rings. The molecule has 3 fully saturated rings. The molecule has 1 saturated heterocycles. The highest BCUT2D eigenvalue weighted by Crippen LogP contribution is 2.67. The van der Waals surface area contributed by atoms with Crippen molar-refractivity contribution in [1.82, 2.24) is 0 Å². The highest BCUT2D eigenvalue weighted by Gasteiger charge is 2.76. The van der Waals surface area contributed by atoms with Gasteiger partial charge in [0.25, 0.3) is 0 Å². The Morgan fingerprint density at radius 3 is 1.96 bits per heavy atom. The van der Waals surface area contributed by atoms with Crippen LogP contribution in [0, 0.1) is 5.41 Å². The third-order valence-electron chi connectivity index (χ3n) is 6.98. The zero-order valence-corrected chi connectivity index (χ0v) is 14.5. The number of Topliss-reactive ketones (excluding diaryl/α,β-unsaturated/α-hetero) is 1. The Labute approximate surface area is 138 Å². The summed E-state index contributed by atoms with van der Waals surface area (Å²) in [6.07, 6.45) is 3.59. The molecule has 1 spiro atoms. The first kappa shape index (κ1) is 15.4. The molecule has 0 radical (unpaired) electrons. The maximum absolute atomic E-state index is 12.6. The van der Waals surface area contributed by atoms with Crippen molar-refractivity contribution in [1.29, 1.82) is 0 Å². The first-order valence-corrected chi connectivity index (χ1v) is 8.70. The van der Waals surface area contributed by atoms with Gasteiger partial charge in [-0.3, -0.25) is 4.79 Å². The van der Waals surface area contributed by atoms with Crippen molar-refractivity contribution in [3.05, 3.63) is 35.9 Å². The van der Waals surface area contributed by atoms with Gasteiger partial charge in [-0.25, -0.2) is 0 Å². The lowest BCUT2D eigenvalue weighted by atomic mass is 9.28. The van der Waals surface area contributed by atoms with Crippen LogP contribution in [0.2, 0.25) is 0 Å². The summed E-state index contributed by atoms with van der Waals surface area (Å²) in [4.78, 5) is 12.6. The molecule has 1 aliphatic heterocycles. The van der Waals surface area contributed by atoms with E-state index >= 15 is 0 Å². The molecule has 1 aromatic carbocycles. The molecule has 1 unspecified atom stereocenters. The molecular formula is C19H25BO3. The van der Waals surface area contributed by atoms with Crippen LogP contribution < -0.4 is 0 Å². The van der Waals surface area contributed by atoms with E-state index in [-0.39, 0.29) is 29.0 Å². The van der Waals surface area contributed by atoms with Crippen LogP contribution in [-0.2, 0) is 19.4 Å². The lowest BCUT2D eigenvalue weighted by Crippen LogP contribution is -2.72. The summed E-state index contributed by atoms with van der Waals surface area (Å²) in [6.45, 7) is 8.33. The molecule has 0 N–H and O–H groups in total. The van der Waals surface area contributed by atoms with Gasteiger partial charge in [-0.15, -0.1) is 0 Å². The summed E-state index contributed by atoms with van der Waals surface area (Å²) in [5.74, 6) is 0.391. The van der Waals surface area contributed by atoms with Crippen molar-refractivity contribution in [2.24, 2.45) is 5.41 Å². The second-order valence-corrected chi connectivity index (χ2v) is 8.46. The maximum Gasteiger partial charge on any atom is 0.470 e. The average molecular weight is 312 g/mol. The summed E-state index contributed by atoms with van der Waals surface area (Å²) in [5.41, 5.74) is 0.180. The zero-order chi connectivity index (χ0) is 16.5. The molecule has 0 amide bonds. The van der Waals surface area contributed by atoms with Crippen molar-refractivity contribution in [2.45, 2.75) is 69.9 Å². The van der Waals surface area contributed by atoms with E-state index in [1.165, 1.54) is 5.56 Å². The first-order valence-electron chi connectivity index (χ1n) is 8.70. The van der Waals surface area contributed by atoms with Gasteiger partial charge in [-0.1, -0.05) is 36.8 Å². The summed E-state index contributed by atoms with van der Waals surface area (Å²) in [6, 6.07) is 10.4. The molecule has 0 bridgehead atoms. The number of carbonyl (C=O) groups excluding carboxylic acids is 1. The second-order valence-electron chi connectivity index (χ2n) is 8.46. The van der Waals surface area contributed by atoms with Crippen LogP contribution in [-0.4, -0.2) is 24.1 Å². The van der Waals surface area contributed by atoms with E-state index in [0.29, 0.717) is 12.2 Å². The number of carbonyl (C=O) groups is 1. The van der Waals surface area contributed by atoms with E-state index in [4.69, 9.17) is 9.31 Å². The van der Waals surface area contributed by atoms with Gasteiger partial charge in [0.1, 0.15) is 5.78 Å². The predicted octanol–water partition coefficient (Wildman–Crippen LogP) is 3.70. The van der Waals surface area contributed by atoms with Gasteiger partial charge in [0, 0.05) is 17.2 Å². The molecular weight excluding hydrogens is 287 g/mol. The fourth-order valence-corrected chi connectivity index (χ4v) is 4.59. The highest BCUT2D eigenvalue weighted by molar-refractivity contribution is 6.53. The van der Waals surface area contributed by atoms with Crippen molar-refractivity contribution in [2.75, 3.05) is 0 Å². The largest absolute Gasteiger partial charge is 0.470 e. The van der Waals surface area contributed by atoms with Crippen LogP contribution in [0.15, 0.2) is 30.3 Å². The summed E-state index contributed by atoms with van der Waals surface area (Å²) >= 11 is 0. The van der Waals surface area contributed by atoms with E-state index in [2.05, 4.69) is 52.0 Å². The fraction of sp³-hybridized carbons (Fsp3) is 0.632. The Balaban J connectivity index is 1.82. The third-order valence-corrected chi connectivity index (χ3v) is 6.98. The molecule has 1 atom stereocenters. The summed E-state index contributed by atoms with van der Waals surface area (Å²) in [5, 5.41) is -0.325. The molecule has 4 heteroatoms.